The fraction of sp³-hybridized carbons (Fsp3) is 0.118. The molecule has 0 saturated carbocycles. The van der Waals surface area contributed by atoms with Crippen LogP contribution in [0.1, 0.15) is 5.56 Å². The van der Waals surface area contributed by atoms with E-state index >= 15 is 0 Å². The summed E-state index contributed by atoms with van der Waals surface area (Å²) in [5.74, 6) is -0.811. The van der Waals surface area contributed by atoms with Crippen molar-refractivity contribution in [2.75, 3.05) is 11.4 Å². The topological polar surface area (TPSA) is 128 Å². The maximum atomic E-state index is 12.0. The molecule has 0 fully saturated rings. The van der Waals surface area contributed by atoms with E-state index in [1.165, 1.54) is 19.2 Å². The van der Waals surface area contributed by atoms with Crippen molar-refractivity contribution in [3.05, 3.63) is 60.1 Å². The molecule has 3 rings (SSSR count). The van der Waals surface area contributed by atoms with Gasteiger partial charge in [0.1, 0.15) is 11.4 Å². The van der Waals surface area contributed by atoms with Crippen molar-refractivity contribution in [1.82, 2.24) is 10.0 Å². The first-order valence-electron chi connectivity index (χ1n) is 7.77. The van der Waals surface area contributed by atoms with Crippen molar-refractivity contribution >= 4 is 22.0 Å². The van der Waals surface area contributed by atoms with Gasteiger partial charge in [0.2, 0.25) is 5.88 Å². The number of aliphatic hydroxyl groups excluding tert-OH is 1. The predicted octanol–water partition coefficient (Wildman–Crippen LogP) is 1.93. The Balaban J connectivity index is 1.94. The summed E-state index contributed by atoms with van der Waals surface area (Å²) in [6, 6.07) is 11.7. The zero-order valence-corrected chi connectivity index (χ0v) is 15.0. The number of alkyl carbamates (subject to hydrolysis) is 1. The molecule has 0 radical (unpaired) electrons. The maximum Gasteiger partial charge on any atom is 0.407 e. The first kappa shape index (κ1) is 18.4. The van der Waals surface area contributed by atoms with Crippen molar-refractivity contribution in [2.45, 2.75) is 6.54 Å². The highest BCUT2D eigenvalue weighted by Crippen LogP contribution is 2.35. The second-order valence-electron chi connectivity index (χ2n) is 5.67. The minimum Gasteiger partial charge on any atom is -0.506 e. The number of rotatable bonds is 4. The molecule has 1 aliphatic heterocycles. The van der Waals surface area contributed by atoms with E-state index in [2.05, 4.69) is 10.1 Å². The smallest absolute Gasteiger partial charge is 0.407 e. The standard InChI is InChI=1S/C17H17N3O6S/c1-26-17(23)18-9-11-3-2-4-12(7-11)13-5-6-15(21)14(8-13)20-10-16(22)19-27(20,24)25/h2-8,10,19,21-22H,9H2,1H3,(H,18,23). The molecule has 27 heavy (non-hydrogen) atoms. The number of methoxy groups -OCH3 is 1. The third-order valence-corrected chi connectivity index (χ3v) is 5.11. The number of aliphatic hydroxyl groups is 1. The number of ether oxygens (including phenoxy) is 1. The lowest BCUT2D eigenvalue weighted by molar-refractivity contribution is 0.170. The molecule has 0 spiro atoms. The van der Waals surface area contributed by atoms with Crippen LogP contribution in [-0.2, 0) is 21.5 Å². The number of amides is 1. The van der Waals surface area contributed by atoms with E-state index in [0.29, 0.717) is 5.56 Å². The predicted molar refractivity (Wildman–Crippen MR) is 98.0 cm³/mol. The average Bonchev–Trinajstić information content (AvgIpc) is 2.92. The summed E-state index contributed by atoms with van der Waals surface area (Å²) < 4.78 is 31.3. The molecule has 142 valence electrons. The lowest BCUT2D eigenvalue weighted by Gasteiger charge is -2.16. The number of aromatic hydroxyl groups is 1. The molecule has 0 aromatic heterocycles. The molecule has 1 heterocycles. The van der Waals surface area contributed by atoms with Gasteiger partial charge in [-0.25, -0.2) is 13.8 Å². The normalized spacial score (nSPS) is 15.0. The van der Waals surface area contributed by atoms with Crippen LogP contribution in [0.15, 0.2) is 54.5 Å². The van der Waals surface area contributed by atoms with Gasteiger partial charge < -0.3 is 20.3 Å². The SMILES string of the molecule is COC(=O)NCc1cccc(-c2ccc(O)c(N3C=C(O)NS3(=O)=O)c2)c1. The fourth-order valence-electron chi connectivity index (χ4n) is 2.57. The molecule has 2 aromatic carbocycles. The van der Waals surface area contributed by atoms with Crippen molar-refractivity contribution in [3.63, 3.8) is 0 Å². The molecular formula is C17H17N3O6S. The van der Waals surface area contributed by atoms with Crippen LogP contribution in [0.4, 0.5) is 10.5 Å². The summed E-state index contributed by atoms with van der Waals surface area (Å²) in [6.45, 7) is 0.256. The number of anilines is 1. The highest BCUT2D eigenvalue weighted by atomic mass is 32.2. The van der Waals surface area contributed by atoms with Gasteiger partial charge in [-0.3, -0.25) is 0 Å². The van der Waals surface area contributed by atoms with Gasteiger partial charge in [0.25, 0.3) is 0 Å². The molecule has 0 unspecified atom stereocenters. The largest absolute Gasteiger partial charge is 0.506 e. The highest BCUT2D eigenvalue weighted by Gasteiger charge is 2.30. The van der Waals surface area contributed by atoms with Gasteiger partial charge in [-0.05, 0) is 34.9 Å². The van der Waals surface area contributed by atoms with Gasteiger partial charge in [0, 0.05) is 6.54 Å². The monoisotopic (exact) mass is 391 g/mol. The Morgan fingerprint density at radius 1 is 1.19 bits per heavy atom. The highest BCUT2D eigenvalue weighted by molar-refractivity contribution is 7.91. The Morgan fingerprint density at radius 2 is 1.93 bits per heavy atom. The lowest BCUT2D eigenvalue weighted by Crippen LogP contribution is -2.29. The van der Waals surface area contributed by atoms with E-state index in [-0.39, 0.29) is 18.0 Å². The van der Waals surface area contributed by atoms with E-state index in [1.807, 2.05) is 22.9 Å². The molecule has 0 saturated heterocycles. The first-order valence-corrected chi connectivity index (χ1v) is 9.21. The Bertz CT molecular complexity index is 1020. The van der Waals surface area contributed by atoms with Gasteiger partial charge >= 0.3 is 16.3 Å². The number of phenolic OH excluding ortho intramolecular Hbond substituents is 1. The van der Waals surface area contributed by atoms with Crippen LogP contribution in [-0.4, -0.2) is 31.8 Å². The zero-order chi connectivity index (χ0) is 19.6. The minimum atomic E-state index is -4.02. The molecular weight excluding hydrogens is 374 g/mol. The molecule has 0 aliphatic carbocycles. The van der Waals surface area contributed by atoms with Crippen LogP contribution in [0.25, 0.3) is 11.1 Å². The van der Waals surface area contributed by atoms with Crippen molar-refractivity contribution < 1.29 is 28.2 Å². The van der Waals surface area contributed by atoms with Gasteiger partial charge in [0.05, 0.1) is 13.3 Å². The third-order valence-electron chi connectivity index (χ3n) is 3.83. The number of carbonyl (C=O) groups excluding carboxylic acids is 1. The zero-order valence-electron chi connectivity index (χ0n) is 14.2. The van der Waals surface area contributed by atoms with E-state index in [0.717, 1.165) is 21.6 Å². The molecule has 0 bridgehead atoms. The molecule has 0 atom stereocenters. The van der Waals surface area contributed by atoms with Crippen LogP contribution in [0.5, 0.6) is 5.75 Å². The molecule has 2 aromatic rings. The Hall–Kier alpha value is -3.40. The number of hydrogen-bond donors (Lipinski definition) is 4. The van der Waals surface area contributed by atoms with Gasteiger partial charge in [-0.1, -0.05) is 24.3 Å². The summed E-state index contributed by atoms with van der Waals surface area (Å²) in [6.07, 6.45) is 0.413. The summed E-state index contributed by atoms with van der Waals surface area (Å²) in [5, 5.41) is 22.1. The average molecular weight is 391 g/mol. The van der Waals surface area contributed by atoms with Gasteiger partial charge in [-0.2, -0.15) is 8.42 Å². The molecule has 1 aliphatic rings. The summed E-state index contributed by atoms with van der Waals surface area (Å²) in [4.78, 5) is 11.2. The van der Waals surface area contributed by atoms with Gasteiger partial charge in [-0.15, -0.1) is 0 Å². The van der Waals surface area contributed by atoms with Gasteiger partial charge in [0.15, 0.2) is 0 Å². The molecule has 1 amide bonds. The number of benzene rings is 2. The lowest BCUT2D eigenvalue weighted by atomic mass is 10.0. The van der Waals surface area contributed by atoms with Crippen molar-refractivity contribution in [2.24, 2.45) is 0 Å². The number of nitrogens with zero attached hydrogens (tertiary/aromatic N) is 1. The quantitative estimate of drug-likeness (QED) is 0.630. The molecule has 4 N–H and O–H groups in total. The van der Waals surface area contributed by atoms with Crippen LogP contribution in [0.2, 0.25) is 0 Å². The number of carbonyl (C=O) groups is 1. The fourth-order valence-corrected chi connectivity index (χ4v) is 3.63. The third kappa shape index (κ3) is 3.90. The van der Waals surface area contributed by atoms with Crippen LogP contribution in [0, 0.1) is 0 Å². The second-order valence-corrected chi connectivity index (χ2v) is 7.21. The van der Waals surface area contributed by atoms with E-state index in [1.54, 1.807) is 12.1 Å². The maximum absolute atomic E-state index is 12.0. The Kier molecular flexibility index (Phi) is 4.82. The van der Waals surface area contributed by atoms with E-state index < -0.39 is 22.2 Å². The van der Waals surface area contributed by atoms with E-state index in [9.17, 15) is 23.4 Å². The first-order chi connectivity index (χ1) is 12.8. The number of hydrogen-bond acceptors (Lipinski definition) is 6. The van der Waals surface area contributed by atoms with Crippen LogP contribution >= 0.6 is 0 Å². The minimum absolute atomic E-state index is 0.0119. The van der Waals surface area contributed by atoms with Crippen LogP contribution < -0.4 is 14.3 Å². The van der Waals surface area contributed by atoms with E-state index in [4.69, 9.17) is 0 Å². The summed E-state index contributed by atoms with van der Waals surface area (Å²) in [5.41, 5.74) is 2.18. The van der Waals surface area contributed by atoms with Crippen molar-refractivity contribution in [1.29, 1.82) is 0 Å². The Labute approximate surface area is 155 Å². The van der Waals surface area contributed by atoms with Crippen LogP contribution in [0.3, 0.4) is 0 Å². The Morgan fingerprint density at radius 3 is 2.59 bits per heavy atom. The summed E-state index contributed by atoms with van der Waals surface area (Å²) in [7, 11) is -2.75. The molecule has 9 nitrogen and oxygen atoms in total. The number of nitrogens with one attached hydrogen (secondary N) is 2. The van der Waals surface area contributed by atoms with Crippen molar-refractivity contribution in [3.8, 4) is 16.9 Å². The molecule has 10 heteroatoms. The summed E-state index contributed by atoms with van der Waals surface area (Å²) >= 11 is 0. The number of phenols is 1. The second kappa shape index (κ2) is 7.08.